The molecule has 0 heterocycles. The Balaban J connectivity index is 2.92. The lowest BCUT2D eigenvalue weighted by atomic mass is 10.1. The van der Waals surface area contributed by atoms with Gasteiger partial charge in [-0.2, -0.15) is 0 Å². The van der Waals surface area contributed by atoms with Gasteiger partial charge in [-0.25, -0.2) is 0 Å². The average Bonchev–Trinajstić information content (AvgIpc) is 2.21. The molecule has 2 N–H and O–H groups in total. The van der Waals surface area contributed by atoms with Gasteiger partial charge in [0.1, 0.15) is 0 Å². The van der Waals surface area contributed by atoms with E-state index in [2.05, 4.69) is 13.8 Å². The minimum absolute atomic E-state index is 0.232. The van der Waals surface area contributed by atoms with Gasteiger partial charge in [-0.1, -0.05) is 46.0 Å². The molecule has 1 unspecified atom stereocenters. The lowest BCUT2D eigenvalue weighted by Crippen LogP contribution is -2.25. The highest BCUT2D eigenvalue weighted by atomic mass is 16.5. The Bertz CT molecular complexity index is 106. The van der Waals surface area contributed by atoms with Crippen LogP contribution in [0, 0.1) is 0 Å². The molecule has 0 aliphatic rings. The van der Waals surface area contributed by atoms with Crippen molar-refractivity contribution in [1.29, 1.82) is 0 Å². The molecule has 0 aliphatic heterocycles. The van der Waals surface area contributed by atoms with Crippen LogP contribution in [0.25, 0.3) is 0 Å². The summed E-state index contributed by atoms with van der Waals surface area (Å²) in [5.41, 5.74) is 5.73. The first-order valence-electron chi connectivity index (χ1n) is 6.14. The van der Waals surface area contributed by atoms with E-state index in [4.69, 9.17) is 10.5 Å². The van der Waals surface area contributed by atoms with Crippen molar-refractivity contribution in [3.63, 3.8) is 0 Å². The highest BCUT2D eigenvalue weighted by Crippen LogP contribution is 2.04. The minimum atomic E-state index is 0.232. The molecule has 0 rings (SSSR count). The molecule has 0 amide bonds. The summed E-state index contributed by atoms with van der Waals surface area (Å²) in [5.74, 6) is 0. The molecule has 0 saturated carbocycles. The third-order valence-electron chi connectivity index (χ3n) is 2.50. The highest BCUT2D eigenvalue weighted by Gasteiger charge is 1.97. The van der Waals surface area contributed by atoms with E-state index in [-0.39, 0.29) is 6.04 Å². The number of hydrogen-bond donors (Lipinski definition) is 1. The Morgan fingerprint density at radius 3 is 2.29 bits per heavy atom. The first-order valence-corrected chi connectivity index (χ1v) is 6.14. The molecule has 2 heteroatoms. The minimum Gasteiger partial charge on any atom is -0.380 e. The van der Waals surface area contributed by atoms with Crippen LogP contribution in [-0.4, -0.2) is 19.3 Å². The number of unbranched alkanes of at least 4 members (excludes halogenated alkanes) is 5. The summed E-state index contributed by atoms with van der Waals surface area (Å²) in [7, 11) is 0. The summed E-state index contributed by atoms with van der Waals surface area (Å²) in [6.45, 7) is 5.96. The Kier molecular flexibility index (Phi) is 10.9. The number of ether oxygens (including phenoxy) is 1. The van der Waals surface area contributed by atoms with E-state index in [9.17, 15) is 0 Å². The Morgan fingerprint density at radius 2 is 1.64 bits per heavy atom. The van der Waals surface area contributed by atoms with Gasteiger partial charge >= 0.3 is 0 Å². The topological polar surface area (TPSA) is 35.2 Å². The van der Waals surface area contributed by atoms with Crippen LogP contribution in [0.4, 0.5) is 0 Å². The molecular weight excluding hydrogens is 174 g/mol. The molecule has 0 radical (unpaired) electrons. The average molecular weight is 201 g/mol. The molecule has 1 atom stereocenters. The fraction of sp³-hybridized carbons (Fsp3) is 1.00. The van der Waals surface area contributed by atoms with Gasteiger partial charge in [-0.05, 0) is 12.8 Å². The van der Waals surface area contributed by atoms with Gasteiger partial charge in [-0.15, -0.1) is 0 Å². The Morgan fingerprint density at radius 1 is 1.00 bits per heavy atom. The quantitative estimate of drug-likeness (QED) is 0.551. The molecule has 0 bridgehead atoms. The van der Waals surface area contributed by atoms with E-state index >= 15 is 0 Å². The molecule has 86 valence electrons. The maximum absolute atomic E-state index is 5.73. The van der Waals surface area contributed by atoms with Gasteiger partial charge in [-0.3, -0.25) is 0 Å². The van der Waals surface area contributed by atoms with Crippen molar-refractivity contribution >= 4 is 0 Å². The largest absolute Gasteiger partial charge is 0.380 e. The SMILES string of the molecule is CCCCCCCCOCC(N)CC. The van der Waals surface area contributed by atoms with Crippen molar-refractivity contribution in [2.75, 3.05) is 13.2 Å². The van der Waals surface area contributed by atoms with Gasteiger partial charge in [0, 0.05) is 12.6 Å². The van der Waals surface area contributed by atoms with Gasteiger partial charge in [0.2, 0.25) is 0 Å². The van der Waals surface area contributed by atoms with Gasteiger partial charge in [0.25, 0.3) is 0 Å². The normalized spacial score (nSPS) is 13.1. The highest BCUT2D eigenvalue weighted by molar-refractivity contribution is 4.55. The predicted molar refractivity (Wildman–Crippen MR) is 62.5 cm³/mol. The number of hydrogen-bond acceptors (Lipinski definition) is 2. The van der Waals surface area contributed by atoms with Gasteiger partial charge in [0.15, 0.2) is 0 Å². The molecule has 0 aromatic heterocycles. The zero-order valence-corrected chi connectivity index (χ0v) is 9.93. The van der Waals surface area contributed by atoms with E-state index in [1.807, 2.05) is 0 Å². The Labute approximate surface area is 89.2 Å². The fourth-order valence-corrected chi connectivity index (χ4v) is 1.34. The molecule has 14 heavy (non-hydrogen) atoms. The van der Waals surface area contributed by atoms with Crippen LogP contribution in [0.1, 0.15) is 58.8 Å². The number of rotatable bonds is 10. The molecule has 0 aromatic carbocycles. The third kappa shape index (κ3) is 10.0. The van der Waals surface area contributed by atoms with Crippen LogP contribution in [0.5, 0.6) is 0 Å². The molecule has 0 fully saturated rings. The van der Waals surface area contributed by atoms with E-state index in [1.165, 1.54) is 38.5 Å². The molecule has 0 spiro atoms. The summed E-state index contributed by atoms with van der Waals surface area (Å²) in [6, 6.07) is 0.232. The first-order chi connectivity index (χ1) is 6.81. The smallest absolute Gasteiger partial charge is 0.0617 e. The van der Waals surface area contributed by atoms with Crippen LogP contribution in [0.15, 0.2) is 0 Å². The summed E-state index contributed by atoms with van der Waals surface area (Å²) >= 11 is 0. The maximum Gasteiger partial charge on any atom is 0.0617 e. The van der Waals surface area contributed by atoms with E-state index in [0.717, 1.165) is 19.6 Å². The second kappa shape index (κ2) is 11.0. The Hall–Kier alpha value is -0.0800. The summed E-state index contributed by atoms with van der Waals surface area (Å²) in [6.07, 6.45) is 8.95. The zero-order valence-electron chi connectivity index (χ0n) is 9.93. The number of nitrogens with two attached hydrogens (primary N) is 1. The van der Waals surface area contributed by atoms with Crippen molar-refractivity contribution in [3.8, 4) is 0 Å². The van der Waals surface area contributed by atoms with Crippen LogP contribution >= 0.6 is 0 Å². The molecule has 0 saturated heterocycles. The van der Waals surface area contributed by atoms with Gasteiger partial charge < -0.3 is 10.5 Å². The van der Waals surface area contributed by atoms with Crippen molar-refractivity contribution in [2.24, 2.45) is 5.73 Å². The second-order valence-electron chi connectivity index (χ2n) is 4.01. The zero-order chi connectivity index (χ0) is 10.6. The standard InChI is InChI=1S/C12H27NO/c1-3-5-6-7-8-9-10-14-11-12(13)4-2/h12H,3-11,13H2,1-2H3. The summed E-state index contributed by atoms with van der Waals surface area (Å²) in [5, 5.41) is 0. The predicted octanol–water partition coefficient (Wildman–Crippen LogP) is 3.10. The van der Waals surface area contributed by atoms with Gasteiger partial charge in [0.05, 0.1) is 6.61 Å². The summed E-state index contributed by atoms with van der Waals surface area (Å²) in [4.78, 5) is 0. The lowest BCUT2D eigenvalue weighted by Gasteiger charge is -2.09. The third-order valence-corrected chi connectivity index (χ3v) is 2.50. The first kappa shape index (κ1) is 13.9. The van der Waals surface area contributed by atoms with Crippen LogP contribution in [0.3, 0.4) is 0 Å². The van der Waals surface area contributed by atoms with Crippen molar-refractivity contribution < 1.29 is 4.74 Å². The second-order valence-corrected chi connectivity index (χ2v) is 4.01. The van der Waals surface area contributed by atoms with Crippen LogP contribution in [0.2, 0.25) is 0 Å². The van der Waals surface area contributed by atoms with Crippen molar-refractivity contribution in [2.45, 2.75) is 64.8 Å². The van der Waals surface area contributed by atoms with Crippen LogP contribution in [-0.2, 0) is 4.74 Å². The molecular formula is C12H27NO. The van der Waals surface area contributed by atoms with Crippen molar-refractivity contribution in [3.05, 3.63) is 0 Å². The lowest BCUT2D eigenvalue weighted by molar-refractivity contribution is 0.116. The van der Waals surface area contributed by atoms with Crippen LogP contribution < -0.4 is 5.73 Å². The van der Waals surface area contributed by atoms with E-state index in [1.54, 1.807) is 0 Å². The van der Waals surface area contributed by atoms with Crippen molar-refractivity contribution in [1.82, 2.24) is 0 Å². The fourth-order valence-electron chi connectivity index (χ4n) is 1.34. The van der Waals surface area contributed by atoms with E-state index in [0.29, 0.717) is 0 Å². The maximum atomic E-state index is 5.73. The summed E-state index contributed by atoms with van der Waals surface area (Å²) < 4.78 is 5.47. The molecule has 2 nitrogen and oxygen atoms in total. The molecule has 0 aliphatic carbocycles. The molecule has 0 aromatic rings. The monoisotopic (exact) mass is 201 g/mol. The van der Waals surface area contributed by atoms with E-state index < -0.39 is 0 Å².